The average molecular weight is 278 g/mol. The van der Waals surface area contributed by atoms with Crippen LogP contribution in [0, 0.1) is 0 Å². The van der Waals surface area contributed by atoms with Crippen molar-refractivity contribution in [2.24, 2.45) is 0 Å². The molecule has 0 fully saturated rings. The van der Waals surface area contributed by atoms with E-state index in [-0.39, 0.29) is 0 Å². The molecule has 0 saturated carbocycles. The van der Waals surface area contributed by atoms with Crippen molar-refractivity contribution in [1.82, 2.24) is 10.2 Å². The second-order valence-electron chi connectivity index (χ2n) is 4.94. The highest BCUT2D eigenvalue weighted by molar-refractivity contribution is 7.80. The van der Waals surface area contributed by atoms with Crippen LogP contribution in [0.5, 0.6) is 0 Å². The Morgan fingerprint density at radius 1 is 1.47 bits per heavy atom. The zero-order chi connectivity index (χ0) is 13.7. The number of ether oxygens (including phenoxy) is 1. The number of thiocarbonyl (C=S) groups is 1. The van der Waals surface area contributed by atoms with Gasteiger partial charge in [0.25, 0.3) is 0 Å². The minimum absolute atomic E-state index is 0.396. The van der Waals surface area contributed by atoms with Gasteiger partial charge >= 0.3 is 0 Å². The second kappa shape index (κ2) is 6.87. The molecule has 1 N–H and O–H groups in total. The van der Waals surface area contributed by atoms with E-state index >= 15 is 0 Å². The summed E-state index contributed by atoms with van der Waals surface area (Å²) in [7, 11) is 3.78. The molecule has 0 aliphatic heterocycles. The number of fused-ring (bicyclic) bond motifs is 1. The molecule has 0 spiro atoms. The molecule has 0 aromatic heterocycles. The summed E-state index contributed by atoms with van der Waals surface area (Å²) in [6.07, 6.45) is 3.58. The summed E-state index contributed by atoms with van der Waals surface area (Å²) >= 11 is 5.46. The Labute approximate surface area is 120 Å². The van der Waals surface area contributed by atoms with Crippen LogP contribution in [-0.2, 0) is 11.2 Å². The maximum absolute atomic E-state index is 5.46. The quantitative estimate of drug-likeness (QED) is 0.675. The standard InChI is InChI=1S/C15H22N2OS/c1-17(15(19)16-10-11-18-2)14-9-5-7-12-6-3-4-8-13(12)14/h3-4,6,8,14H,5,7,9-11H2,1-2H3,(H,16,19)/t14-/m1/s1. The monoisotopic (exact) mass is 278 g/mol. The van der Waals surface area contributed by atoms with Crippen LogP contribution in [0.15, 0.2) is 24.3 Å². The van der Waals surface area contributed by atoms with Crippen LogP contribution in [0.3, 0.4) is 0 Å². The van der Waals surface area contributed by atoms with Gasteiger partial charge in [0.2, 0.25) is 0 Å². The van der Waals surface area contributed by atoms with Gasteiger partial charge in [-0.15, -0.1) is 0 Å². The van der Waals surface area contributed by atoms with Gasteiger partial charge in [0.1, 0.15) is 0 Å². The van der Waals surface area contributed by atoms with Gasteiger partial charge in [-0.3, -0.25) is 0 Å². The highest BCUT2D eigenvalue weighted by Gasteiger charge is 2.24. The molecule has 1 atom stereocenters. The van der Waals surface area contributed by atoms with Crippen molar-refractivity contribution in [3.05, 3.63) is 35.4 Å². The van der Waals surface area contributed by atoms with Crippen LogP contribution < -0.4 is 5.32 Å². The third kappa shape index (κ3) is 3.45. The molecule has 0 saturated heterocycles. The molecule has 0 unspecified atom stereocenters. The van der Waals surface area contributed by atoms with Gasteiger partial charge in [0, 0.05) is 20.7 Å². The van der Waals surface area contributed by atoms with Crippen LogP contribution in [-0.4, -0.2) is 37.3 Å². The number of methoxy groups -OCH3 is 1. The molecule has 2 rings (SSSR count). The molecule has 1 aliphatic rings. The van der Waals surface area contributed by atoms with E-state index in [0.717, 1.165) is 11.7 Å². The Hall–Kier alpha value is -1.13. The fraction of sp³-hybridized carbons (Fsp3) is 0.533. The molecule has 0 heterocycles. The van der Waals surface area contributed by atoms with Gasteiger partial charge in [0.15, 0.2) is 5.11 Å². The third-order valence-electron chi connectivity index (χ3n) is 3.71. The molecule has 1 aromatic rings. The van der Waals surface area contributed by atoms with Crippen molar-refractivity contribution in [3.8, 4) is 0 Å². The summed E-state index contributed by atoms with van der Waals surface area (Å²) in [5.41, 5.74) is 2.89. The number of nitrogens with one attached hydrogen (secondary N) is 1. The van der Waals surface area contributed by atoms with Crippen molar-refractivity contribution >= 4 is 17.3 Å². The van der Waals surface area contributed by atoms with Gasteiger partial charge in [0.05, 0.1) is 12.6 Å². The molecule has 104 valence electrons. The number of aryl methyl sites for hydroxylation is 1. The molecule has 0 radical (unpaired) electrons. The van der Waals surface area contributed by atoms with Crippen molar-refractivity contribution in [1.29, 1.82) is 0 Å². The molecule has 0 bridgehead atoms. The number of hydrogen-bond acceptors (Lipinski definition) is 2. The predicted octanol–water partition coefficient (Wildman–Crippen LogP) is 2.52. The van der Waals surface area contributed by atoms with E-state index < -0.39 is 0 Å². The fourth-order valence-corrected chi connectivity index (χ4v) is 2.89. The molecule has 4 heteroatoms. The topological polar surface area (TPSA) is 24.5 Å². The van der Waals surface area contributed by atoms with E-state index in [0.29, 0.717) is 12.6 Å². The van der Waals surface area contributed by atoms with E-state index in [2.05, 4.69) is 41.5 Å². The molecule has 0 amide bonds. The summed E-state index contributed by atoms with van der Waals surface area (Å²) in [6, 6.07) is 9.10. The first-order valence-corrected chi connectivity index (χ1v) is 7.22. The van der Waals surface area contributed by atoms with Crippen molar-refractivity contribution in [2.45, 2.75) is 25.3 Å². The Bertz CT molecular complexity index is 436. The van der Waals surface area contributed by atoms with Crippen molar-refractivity contribution in [3.63, 3.8) is 0 Å². The molecule has 1 aliphatic carbocycles. The normalized spacial score (nSPS) is 17.7. The van der Waals surface area contributed by atoms with Crippen LogP contribution in [0.1, 0.15) is 30.0 Å². The molecular weight excluding hydrogens is 256 g/mol. The van der Waals surface area contributed by atoms with Crippen LogP contribution in [0.25, 0.3) is 0 Å². The lowest BCUT2D eigenvalue weighted by Gasteiger charge is -2.35. The SMILES string of the molecule is COCCNC(=S)N(C)[C@@H]1CCCc2ccccc21. The first kappa shape index (κ1) is 14.3. The van der Waals surface area contributed by atoms with Gasteiger partial charge in [-0.1, -0.05) is 24.3 Å². The maximum Gasteiger partial charge on any atom is 0.169 e. The summed E-state index contributed by atoms with van der Waals surface area (Å²) in [5, 5.41) is 4.05. The Balaban J connectivity index is 2.04. The number of nitrogens with zero attached hydrogens (tertiary/aromatic N) is 1. The van der Waals surface area contributed by atoms with Crippen molar-refractivity contribution in [2.75, 3.05) is 27.3 Å². The highest BCUT2D eigenvalue weighted by Crippen LogP contribution is 2.33. The molecule has 1 aromatic carbocycles. The predicted molar refractivity (Wildman–Crippen MR) is 82.4 cm³/mol. The van der Waals surface area contributed by atoms with Gasteiger partial charge in [-0.05, 0) is 42.6 Å². The van der Waals surface area contributed by atoms with Gasteiger partial charge < -0.3 is 15.0 Å². The second-order valence-corrected chi connectivity index (χ2v) is 5.33. The first-order chi connectivity index (χ1) is 9.24. The van der Waals surface area contributed by atoms with Crippen LogP contribution in [0.2, 0.25) is 0 Å². The molecular formula is C15H22N2OS. The summed E-state index contributed by atoms with van der Waals surface area (Å²) in [4.78, 5) is 2.18. The van der Waals surface area contributed by atoms with Crippen LogP contribution in [0.4, 0.5) is 0 Å². The molecule has 19 heavy (non-hydrogen) atoms. The molecule has 3 nitrogen and oxygen atoms in total. The summed E-state index contributed by atoms with van der Waals surface area (Å²) in [5.74, 6) is 0. The minimum Gasteiger partial charge on any atom is -0.383 e. The Kier molecular flexibility index (Phi) is 5.16. The van der Waals surface area contributed by atoms with Crippen LogP contribution >= 0.6 is 12.2 Å². The fourth-order valence-electron chi connectivity index (χ4n) is 2.66. The van der Waals surface area contributed by atoms with E-state index in [9.17, 15) is 0 Å². The largest absolute Gasteiger partial charge is 0.383 e. The van der Waals surface area contributed by atoms with E-state index in [1.54, 1.807) is 7.11 Å². The smallest absolute Gasteiger partial charge is 0.169 e. The lowest BCUT2D eigenvalue weighted by molar-refractivity contribution is 0.202. The minimum atomic E-state index is 0.396. The zero-order valence-corrected chi connectivity index (χ0v) is 12.5. The van der Waals surface area contributed by atoms with Gasteiger partial charge in [-0.2, -0.15) is 0 Å². The summed E-state index contributed by atoms with van der Waals surface area (Å²) in [6.45, 7) is 1.43. The average Bonchev–Trinajstić information content (AvgIpc) is 2.46. The lowest BCUT2D eigenvalue weighted by Crippen LogP contribution is -2.41. The number of hydrogen-bond donors (Lipinski definition) is 1. The third-order valence-corrected chi connectivity index (χ3v) is 4.14. The summed E-state index contributed by atoms with van der Waals surface area (Å²) < 4.78 is 5.03. The highest BCUT2D eigenvalue weighted by atomic mass is 32.1. The maximum atomic E-state index is 5.46. The van der Waals surface area contributed by atoms with E-state index in [4.69, 9.17) is 17.0 Å². The number of benzene rings is 1. The zero-order valence-electron chi connectivity index (χ0n) is 11.7. The van der Waals surface area contributed by atoms with E-state index in [1.807, 2.05) is 0 Å². The Morgan fingerprint density at radius 3 is 3.05 bits per heavy atom. The Morgan fingerprint density at radius 2 is 2.26 bits per heavy atom. The van der Waals surface area contributed by atoms with Crippen molar-refractivity contribution < 1.29 is 4.74 Å². The first-order valence-electron chi connectivity index (χ1n) is 6.81. The number of rotatable bonds is 4. The lowest BCUT2D eigenvalue weighted by atomic mass is 9.87. The van der Waals surface area contributed by atoms with E-state index in [1.165, 1.54) is 30.4 Å². The van der Waals surface area contributed by atoms with Gasteiger partial charge in [-0.25, -0.2) is 0 Å².